The highest BCUT2D eigenvalue weighted by Crippen LogP contribution is 2.55. The number of rotatable bonds is 11. The van der Waals surface area contributed by atoms with E-state index >= 15 is 0 Å². The predicted octanol–water partition coefficient (Wildman–Crippen LogP) is 5.59. The van der Waals surface area contributed by atoms with Gasteiger partial charge in [0.25, 0.3) is 0 Å². The summed E-state index contributed by atoms with van der Waals surface area (Å²) in [5.41, 5.74) is -1.35. The van der Waals surface area contributed by atoms with Crippen LogP contribution >= 0.6 is 0 Å². The number of Topliss-reactive ketones (excluding diaryl/α,β-unsaturated/α-hetero) is 1. The van der Waals surface area contributed by atoms with E-state index in [2.05, 4.69) is 0 Å². The van der Waals surface area contributed by atoms with Crippen LogP contribution in [0.2, 0.25) is 0 Å². The van der Waals surface area contributed by atoms with E-state index in [1.54, 1.807) is 13.8 Å². The molecule has 264 valence electrons. The smallest absolute Gasteiger partial charge is 0.311 e. The lowest BCUT2D eigenvalue weighted by Gasteiger charge is -2.29. The molecular weight excluding hydrogens is 596 g/mol. The molecule has 2 bridgehead atoms. The van der Waals surface area contributed by atoms with Crippen LogP contribution in [-0.4, -0.2) is 73.6 Å². The Morgan fingerprint density at radius 1 is 0.826 bits per heavy atom. The molecule has 6 atom stereocenters. The zero-order chi connectivity index (χ0) is 35.3. The molecule has 4 aliphatic rings. The summed E-state index contributed by atoms with van der Waals surface area (Å²) in [6.45, 7) is 22.8. The Hall–Kier alpha value is -2.53. The van der Waals surface area contributed by atoms with Crippen molar-refractivity contribution in [2.75, 3.05) is 19.8 Å². The van der Waals surface area contributed by atoms with E-state index in [0.29, 0.717) is 24.9 Å². The first-order valence-corrected chi connectivity index (χ1v) is 16.7. The van der Waals surface area contributed by atoms with Gasteiger partial charge in [0.15, 0.2) is 11.6 Å². The third-order valence-corrected chi connectivity index (χ3v) is 9.84. The number of ketones is 1. The fourth-order valence-corrected chi connectivity index (χ4v) is 5.35. The Labute approximate surface area is 275 Å². The Morgan fingerprint density at radius 2 is 1.35 bits per heavy atom. The Bertz CT molecular complexity index is 1110. The summed E-state index contributed by atoms with van der Waals surface area (Å²) in [5.74, 6) is -0.717. The third kappa shape index (κ3) is 10.2. The van der Waals surface area contributed by atoms with Crippen LogP contribution in [0.5, 0.6) is 0 Å². The van der Waals surface area contributed by atoms with Crippen molar-refractivity contribution >= 4 is 29.7 Å². The molecule has 11 nitrogen and oxygen atoms in total. The summed E-state index contributed by atoms with van der Waals surface area (Å²) in [4.78, 5) is 57.1. The van der Waals surface area contributed by atoms with E-state index in [0.717, 1.165) is 25.7 Å². The lowest BCUT2D eigenvalue weighted by Crippen LogP contribution is -2.39. The molecule has 6 unspecified atom stereocenters. The number of fused-ring (bicyclic) bond motifs is 1. The van der Waals surface area contributed by atoms with Crippen molar-refractivity contribution in [2.24, 2.45) is 34.0 Å². The largest absolute Gasteiger partial charge is 0.462 e. The molecule has 4 rings (SSSR count). The molecule has 11 heteroatoms. The second-order valence-electron chi connectivity index (χ2n) is 15.3. The summed E-state index contributed by atoms with van der Waals surface area (Å²) in [7, 11) is 0. The monoisotopic (exact) mass is 654 g/mol. The number of carbonyl (C=O) groups is 5. The third-order valence-electron chi connectivity index (χ3n) is 9.84. The quantitative estimate of drug-likeness (QED) is 0.203. The highest BCUT2D eigenvalue weighted by Gasteiger charge is 2.63. The van der Waals surface area contributed by atoms with Gasteiger partial charge in [-0.05, 0) is 94.4 Å². The fraction of sp³-hybridized carbons (Fsp3) is 0.857. The van der Waals surface area contributed by atoms with Crippen molar-refractivity contribution in [3.8, 4) is 0 Å². The van der Waals surface area contributed by atoms with Crippen molar-refractivity contribution < 1.29 is 52.4 Å². The minimum atomic E-state index is -0.558. The number of esters is 4. The van der Waals surface area contributed by atoms with E-state index in [-0.39, 0.29) is 67.1 Å². The van der Waals surface area contributed by atoms with Crippen LogP contribution in [-0.2, 0) is 52.4 Å². The van der Waals surface area contributed by atoms with Crippen LogP contribution in [0, 0.1) is 34.0 Å². The SMILES string of the molecule is CCC(C)(C)C(=O)OC1C2CC3C(=O)OC1C3C2.CCC(C)(C)C(=O)OCC(C)=O.CCC(C)(C)C(=O)OCC1COC(C)(C)O1. The van der Waals surface area contributed by atoms with E-state index < -0.39 is 22.0 Å². The number of hydrogen-bond donors (Lipinski definition) is 0. The van der Waals surface area contributed by atoms with Gasteiger partial charge in [0.2, 0.25) is 0 Å². The van der Waals surface area contributed by atoms with Crippen LogP contribution in [0.3, 0.4) is 0 Å². The zero-order valence-corrected chi connectivity index (χ0v) is 30.1. The molecule has 0 spiro atoms. The normalized spacial score (nSPS) is 27.4. The van der Waals surface area contributed by atoms with Crippen LogP contribution in [0.15, 0.2) is 0 Å². The Balaban J connectivity index is 0.000000246. The first kappa shape index (κ1) is 39.6. The Morgan fingerprint density at radius 3 is 1.83 bits per heavy atom. The summed E-state index contributed by atoms with van der Waals surface area (Å²) >= 11 is 0. The van der Waals surface area contributed by atoms with Gasteiger partial charge in [0.05, 0.1) is 28.8 Å². The standard InChI is InChI=1S/C14H20O4.C12H22O4.C9H16O3/c1-4-14(2,3)13(16)18-10-7-5-8-9(6-7)12(15)17-11(8)10;1-6-11(2,3)10(13)14-7-9-8-15-12(4,5)16-9;1-5-9(3,4)8(11)12-6-7(2)10/h7-11H,4-6H2,1-3H3;9H,6-8H2,1-5H3;5-6H2,1-4H3. The van der Waals surface area contributed by atoms with Gasteiger partial charge in [0.1, 0.15) is 31.5 Å². The lowest BCUT2D eigenvalue weighted by molar-refractivity contribution is -0.170. The summed E-state index contributed by atoms with van der Waals surface area (Å²) in [6.07, 6.45) is 3.53. The van der Waals surface area contributed by atoms with Crippen molar-refractivity contribution in [3.63, 3.8) is 0 Å². The first-order chi connectivity index (χ1) is 21.1. The highest BCUT2D eigenvalue weighted by molar-refractivity contribution is 5.82. The minimum Gasteiger partial charge on any atom is -0.462 e. The van der Waals surface area contributed by atoms with Crippen molar-refractivity contribution in [2.45, 2.75) is 139 Å². The van der Waals surface area contributed by atoms with Crippen molar-refractivity contribution in [3.05, 3.63) is 0 Å². The molecule has 0 radical (unpaired) electrons. The second kappa shape index (κ2) is 15.6. The van der Waals surface area contributed by atoms with Crippen LogP contribution in [0.25, 0.3) is 0 Å². The van der Waals surface area contributed by atoms with Gasteiger partial charge in [-0.1, -0.05) is 20.8 Å². The summed E-state index contributed by atoms with van der Waals surface area (Å²) < 4.78 is 32.0. The molecule has 2 saturated carbocycles. The average molecular weight is 655 g/mol. The number of carbonyl (C=O) groups excluding carboxylic acids is 5. The van der Waals surface area contributed by atoms with Crippen LogP contribution in [0.4, 0.5) is 0 Å². The topological polar surface area (TPSA) is 141 Å². The second-order valence-corrected chi connectivity index (χ2v) is 15.3. The van der Waals surface area contributed by atoms with Gasteiger partial charge in [-0.3, -0.25) is 24.0 Å². The van der Waals surface area contributed by atoms with Crippen molar-refractivity contribution in [1.82, 2.24) is 0 Å². The van der Waals surface area contributed by atoms with E-state index in [4.69, 9.17) is 28.4 Å². The molecule has 2 heterocycles. The molecule has 2 saturated heterocycles. The van der Waals surface area contributed by atoms with Gasteiger partial charge < -0.3 is 28.4 Å². The molecule has 46 heavy (non-hydrogen) atoms. The van der Waals surface area contributed by atoms with Crippen LogP contribution < -0.4 is 0 Å². The minimum absolute atomic E-state index is 0.0779. The van der Waals surface area contributed by atoms with E-state index in [1.165, 1.54) is 6.92 Å². The van der Waals surface area contributed by atoms with Gasteiger partial charge in [0, 0.05) is 11.8 Å². The molecule has 2 aliphatic carbocycles. The van der Waals surface area contributed by atoms with Gasteiger partial charge >= 0.3 is 23.9 Å². The maximum Gasteiger partial charge on any atom is 0.311 e. The number of ether oxygens (including phenoxy) is 6. The van der Waals surface area contributed by atoms with Gasteiger partial charge in [-0.25, -0.2) is 0 Å². The lowest BCUT2D eigenvalue weighted by atomic mass is 9.87. The first-order valence-electron chi connectivity index (χ1n) is 16.7. The van der Waals surface area contributed by atoms with E-state index in [1.807, 2.05) is 62.3 Å². The molecule has 4 fully saturated rings. The predicted molar refractivity (Wildman–Crippen MR) is 169 cm³/mol. The maximum absolute atomic E-state index is 12.1. The molecule has 0 aromatic carbocycles. The summed E-state index contributed by atoms with van der Waals surface area (Å²) in [5, 5.41) is 0. The zero-order valence-electron chi connectivity index (χ0n) is 30.1. The van der Waals surface area contributed by atoms with Crippen molar-refractivity contribution in [1.29, 1.82) is 0 Å². The average Bonchev–Trinajstić information content (AvgIpc) is 3.72. The molecule has 0 aromatic rings. The maximum atomic E-state index is 12.1. The molecule has 0 N–H and O–H groups in total. The molecular formula is C35H58O11. The highest BCUT2D eigenvalue weighted by atomic mass is 16.7. The molecule has 0 aromatic heterocycles. The summed E-state index contributed by atoms with van der Waals surface area (Å²) in [6, 6.07) is 0. The van der Waals surface area contributed by atoms with Gasteiger partial charge in [-0.15, -0.1) is 0 Å². The molecule has 0 amide bonds. The number of hydrogen-bond acceptors (Lipinski definition) is 11. The fourth-order valence-electron chi connectivity index (χ4n) is 5.35. The van der Waals surface area contributed by atoms with Gasteiger partial charge in [-0.2, -0.15) is 0 Å². The molecule has 2 aliphatic heterocycles. The van der Waals surface area contributed by atoms with E-state index in [9.17, 15) is 24.0 Å². The van der Waals surface area contributed by atoms with Crippen LogP contribution in [0.1, 0.15) is 115 Å². The Kier molecular flexibility index (Phi) is 13.4.